The van der Waals surface area contributed by atoms with Crippen molar-refractivity contribution in [2.24, 2.45) is 0 Å². The van der Waals surface area contributed by atoms with Crippen LogP contribution in [0.4, 0.5) is 0 Å². The van der Waals surface area contributed by atoms with Crippen molar-refractivity contribution >= 4 is 28.6 Å². The van der Waals surface area contributed by atoms with Crippen molar-refractivity contribution < 1.29 is 19.7 Å². The lowest BCUT2D eigenvalue weighted by Crippen LogP contribution is -2.07. The van der Waals surface area contributed by atoms with Gasteiger partial charge < -0.3 is 14.9 Å². The fourth-order valence-electron chi connectivity index (χ4n) is 4.85. The molecule has 1 atom stereocenters. The molecule has 1 saturated carbocycles. The molecule has 2 N–H and O–H groups in total. The number of rotatable bonds is 8. The number of carbonyl (C=O) groups is 1. The summed E-state index contributed by atoms with van der Waals surface area (Å²) in [5.74, 6) is -0.113. The molecular weight excluding hydrogens is 478 g/mol. The molecule has 1 fully saturated rings. The highest BCUT2D eigenvalue weighted by Gasteiger charge is 2.23. The van der Waals surface area contributed by atoms with Crippen molar-refractivity contribution in [3.05, 3.63) is 70.9 Å². The lowest BCUT2D eigenvalue weighted by molar-refractivity contribution is -0.137. The molecule has 186 valence electrons. The fourth-order valence-corrected chi connectivity index (χ4v) is 5.04. The van der Waals surface area contributed by atoms with E-state index in [1.54, 1.807) is 18.3 Å². The van der Waals surface area contributed by atoms with Crippen LogP contribution in [0.2, 0.25) is 5.02 Å². The quantitative estimate of drug-likeness (QED) is 0.275. The van der Waals surface area contributed by atoms with Crippen LogP contribution < -0.4 is 4.74 Å². The first-order valence-corrected chi connectivity index (χ1v) is 12.6. The number of fused-ring (bicyclic) bond motifs is 1. The smallest absolute Gasteiger partial charge is 0.303 e. The summed E-state index contributed by atoms with van der Waals surface area (Å²) in [5, 5.41) is 24.1. The Morgan fingerprint density at radius 3 is 2.61 bits per heavy atom. The number of aliphatic carboxylic acids is 1. The first-order chi connectivity index (χ1) is 17.4. The molecule has 1 unspecified atom stereocenters. The molecular formula is C28H28ClN3O4. The van der Waals surface area contributed by atoms with Crippen LogP contribution in [0, 0.1) is 0 Å². The Bertz CT molecular complexity index is 1390. The summed E-state index contributed by atoms with van der Waals surface area (Å²) in [6.45, 7) is 2.25. The summed E-state index contributed by atoms with van der Waals surface area (Å²) in [4.78, 5) is 15.7. The third-order valence-electron chi connectivity index (χ3n) is 6.83. The van der Waals surface area contributed by atoms with E-state index in [0.717, 1.165) is 46.3 Å². The van der Waals surface area contributed by atoms with Gasteiger partial charge in [-0.1, -0.05) is 43.5 Å². The molecule has 7 nitrogen and oxygen atoms in total. The van der Waals surface area contributed by atoms with Crippen molar-refractivity contribution in [2.75, 3.05) is 0 Å². The normalized spacial score (nSPS) is 14.8. The van der Waals surface area contributed by atoms with Crippen LogP contribution >= 0.6 is 11.6 Å². The number of nitrogens with zero attached hydrogens (tertiary/aromatic N) is 3. The summed E-state index contributed by atoms with van der Waals surface area (Å²) in [7, 11) is 0. The highest BCUT2D eigenvalue weighted by molar-refractivity contribution is 6.32. The highest BCUT2D eigenvalue weighted by Crippen LogP contribution is 2.37. The zero-order chi connectivity index (χ0) is 25.2. The van der Waals surface area contributed by atoms with Gasteiger partial charge in [0.2, 0.25) is 0 Å². The van der Waals surface area contributed by atoms with E-state index in [-0.39, 0.29) is 23.1 Å². The number of carboxylic acid groups (broad SMARTS) is 1. The van der Waals surface area contributed by atoms with Crippen molar-refractivity contribution in [3.63, 3.8) is 0 Å². The SMILES string of the molecule is CC(CC(=O)O)c1ccc(OCc2cnc3c(-c4ccc(O)c(Cl)c4)nn(C4CCCC4)c3c2)cc1. The average molecular weight is 506 g/mol. The van der Waals surface area contributed by atoms with Crippen LogP contribution in [-0.2, 0) is 11.4 Å². The Labute approximate surface area is 214 Å². The molecule has 0 aliphatic heterocycles. The van der Waals surface area contributed by atoms with Gasteiger partial charge in [-0.25, -0.2) is 0 Å². The second-order valence-electron chi connectivity index (χ2n) is 9.47. The number of pyridine rings is 1. The Hall–Kier alpha value is -3.58. The topological polar surface area (TPSA) is 97.5 Å². The molecule has 2 heterocycles. The van der Waals surface area contributed by atoms with E-state index in [9.17, 15) is 9.90 Å². The standard InChI is InChI=1S/C28H28ClN3O4/c1-17(12-26(34)35)19-6-9-22(10-7-19)36-16-18-13-24-28(30-15-18)27(20-8-11-25(33)23(29)14-20)31-32(24)21-4-2-3-5-21/h6-11,13-15,17,21,33H,2-5,12,16H2,1H3,(H,34,35). The van der Waals surface area contributed by atoms with Gasteiger partial charge in [0.15, 0.2) is 0 Å². The van der Waals surface area contributed by atoms with E-state index in [1.165, 1.54) is 12.8 Å². The second kappa shape index (κ2) is 10.2. The zero-order valence-corrected chi connectivity index (χ0v) is 20.8. The minimum atomic E-state index is -0.806. The van der Waals surface area contributed by atoms with Gasteiger partial charge in [-0.15, -0.1) is 0 Å². The summed E-state index contributed by atoms with van der Waals surface area (Å²) < 4.78 is 8.10. The van der Waals surface area contributed by atoms with Gasteiger partial charge >= 0.3 is 5.97 Å². The molecule has 2 aromatic carbocycles. The number of ether oxygens (including phenoxy) is 1. The Kier molecular flexibility index (Phi) is 6.83. The lowest BCUT2D eigenvalue weighted by Gasteiger charge is -2.12. The maximum atomic E-state index is 11.0. The number of hydrogen-bond acceptors (Lipinski definition) is 5. The van der Waals surface area contributed by atoms with E-state index in [4.69, 9.17) is 31.5 Å². The van der Waals surface area contributed by atoms with Crippen LogP contribution in [-0.4, -0.2) is 30.9 Å². The van der Waals surface area contributed by atoms with E-state index in [2.05, 4.69) is 10.7 Å². The predicted octanol–water partition coefficient (Wildman–Crippen LogP) is 6.73. The molecule has 0 saturated heterocycles. The Morgan fingerprint density at radius 1 is 1.17 bits per heavy atom. The molecule has 1 aliphatic carbocycles. The number of hydrogen-bond donors (Lipinski definition) is 2. The lowest BCUT2D eigenvalue weighted by atomic mass is 9.98. The summed E-state index contributed by atoms with van der Waals surface area (Å²) in [5.41, 5.74) is 5.21. The number of aromatic hydroxyl groups is 1. The van der Waals surface area contributed by atoms with Crippen molar-refractivity contribution in [1.29, 1.82) is 0 Å². The summed E-state index contributed by atoms with van der Waals surface area (Å²) in [6, 6.07) is 15.1. The Morgan fingerprint density at radius 2 is 1.92 bits per heavy atom. The van der Waals surface area contributed by atoms with E-state index >= 15 is 0 Å². The molecule has 0 spiro atoms. The number of carboxylic acids is 1. The van der Waals surface area contributed by atoms with Crippen LogP contribution in [0.25, 0.3) is 22.3 Å². The minimum Gasteiger partial charge on any atom is -0.506 e. The number of aromatic nitrogens is 3. The molecule has 36 heavy (non-hydrogen) atoms. The minimum absolute atomic E-state index is 0.0386. The number of benzene rings is 2. The molecule has 1 aliphatic rings. The molecule has 8 heteroatoms. The van der Waals surface area contributed by atoms with Crippen molar-refractivity contribution in [3.8, 4) is 22.8 Å². The van der Waals surface area contributed by atoms with Gasteiger partial charge in [0.05, 0.1) is 23.0 Å². The predicted molar refractivity (Wildman–Crippen MR) is 139 cm³/mol. The average Bonchev–Trinajstić information content (AvgIpc) is 3.52. The van der Waals surface area contributed by atoms with Gasteiger partial charge in [-0.3, -0.25) is 14.5 Å². The van der Waals surface area contributed by atoms with Gasteiger partial charge in [0.1, 0.15) is 29.3 Å². The van der Waals surface area contributed by atoms with Crippen molar-refractivity contribution in [2.45, 2.75) is 57.6 Å². The summed E-state index contributed by atoms with van der Waals surface area (Å²) >= 11 is 6.17. The van der Waals surface area contributed by atoms with Crippen LogP contribution in [0.15, 0.2) is 54.7 Å². The molecule has 2 aromatic heterocycles. The second-order valence-corrected chi connectivity index (χ2v) is 9.87. The first-order valence-electron chi connectivity index (χ1n) is 12.2. The van der Waals surface area contributed by atoms with E-state index < -0.39 is 5.97 Å². The van der Waals surface area contributed by atoms with Crippen LogP contribution in [0.1, 0.15) is 62.1 Å². The number of halogens is 1. The highest BCUT2D eigenvalue weighted by atomic mass is 35.5. The van der Waals surface area contributed by atoms with E-state index in [1.807, 2.05) is 37.3 Å². The van der Waals surface area contributed by atoms with Crippen molar-refractivity contribution in [1.82, 2.24) is 14.8 Å². The number of phenols is 1. The fraction of sp³-hybridized carbons (Fsp3) is 0.321. The summed E-state index contributed by atoms with van der Waals surface area (Å²) in [6.07, 6.45) is 6.43. The zero-order valence-electron chi connectivity index (χ0n) is 20.0. The first kappa shape index (κ1) is 24.1. The molecule has 0 amide bonds. The Balaban J connectivity index is 1.40. The van der Waals surface area contributed by atoms with Gasteiger partial charge in [-0.05, 0) is 60.7 Å². The third-order valence-corrected chi connectivity index (χ3v) is 7.13. The molecule has 5 rings (SSSR count). The van der Waals surface area contributed by atoms with Gasteiger partial charge in [0.25, 0.3) is 0 Å². The molecule has 4 aromatic rings. The van der Waals surface area contributed by atoms with Gasteiger partial charge in [-0.2, -0.15) is 5.10 Å². The number of phenolic OH excluding ortho intramolecular Hbond substituents is 1. The van der Waals surface area contributed by atoms with Crippen LogP contribution in [0.5, 0.6) is 11.5 Å². The third kappa shape index (κ3) is 5.02. The molecule has 0 radical (unpaired) electrons. The van der Waals surface area contributed by atoms with Crippen LogP contribution in [0.3, 0.4) is 0 Å². The monoisotopic (exact) mass is 505 g/mol. The van der Waals surface area contributed by atoms with Gasteiger partial charge in [0, 0.05) is 17.3 Å². The largest absolute Gasteiger partial charge is 0.506 e. The molecule has 0 bridgehead atoms. The maximum Gasteiger partial charge on any atom is 0.303 e. The van der Waals surface area contributed by atoms with E-state index in [0.29, 0.717) is 18.4 Å². The maximum absolute atomic E-state index is 11.0.